The molecule has 2 aromatic heterocycles. The molecule has 2 heterocycles. The minimum Gasteiger partial charge on any atom is -0.357 e. The lowest BCUT2D eigenvalue weighted by Crippen LogP contribution is -2.06. The molecule has 0 amide bonds. The highest BCUT2D eigenvalue weighted by Crippen LogP contribution is 2.25. The highest BCUT2D eigenvalue weighted by atomic mass is 16.6. The maximum atomic E-state index is 11.0. The average molecular weight is 261 g/mol. The molecule has 0 unspecified atom stereocenters. The highest BCUT2D eigenvalue weighted by molar-refractivity contribution is 5.59. The molecule has 7 nitrogen and oxygen atoms in total. The maximum absolute atomic E-state index is 11.0. The van der Waals surface area contributed by atoms with Crippen molar-refractivity contribution in [3.8, 4) is 0 Å². The van der Waals surface area contributed by atoms with Crippen molar-refractivity contribution in [2.45, 2.75) is 27.3 Å². The van der Waals surface area contributed by atoms with Crippen molar-refractivity contribution < 1.29 is 4.92 Å². The minimum atomic E-state index is -0.427. The van der Waals surface area contributed by atoms with Crippen LogP contribution in [0.4, 0.5) is 11.5 Å². The van der Waals surface area contributed by atoms with Gasteiger partial charge in [-0.15, -0.1) is 0 Å². The van der Waals surface area contributed by atoms with Gasteiger partial charge in [-0.3, -0.25) is 10.1 Å². The Bertz CT molecular complexity index is 601. The summed E-state index contributed by atoms with van der Waals surface area (Å²) in [6, 6.07) is 1.62. The molecular formula is C12H15N5O2. The van der Waals surface area contributed by atoms with Gasteiger partial charge in [0.05, 0.1) is 17.2 Å². The third kappa shape index (κ3) is 2.70. The summed E-state index contributed by atoms with van der Waals surface area (Å²) in [5, 5.41) is 14.0. The number of hydrogen-bond donors (Lipinski definition) is 2. The van der Waals surface area contributed by atoms with E-state index in [1.165, 1.54) is 0 Å². The average Bonchev–Trinajstić information content (AvgIpc) is 2.65. The van der Waals surface area contributed by atoms with Gasteiger partial charge < -0.3 is 10.3 Å². The molecule has 0 aliphatic rings. The van der Waals surface area contributed by atoms with Crippen LogP contribution in [0.15, 0.2) is 12.3 Å². The molecule has 2 aromatic rings. The van der Waals surface area contributed by atoms with Crippen LogP contribution in [-0.4, -0.2) is 19.9 Å². The lowest BCUT2D eigenvalue weighted by Gasteiger charge is -2.05. The number of aryl methyl sites for hydroxylation is 3. The third-order valence-electron chi connectivity index (χ3n) is 2.91. The van der Waals surface area contributed by atoms with Crippen LogP contribution < -0.4 is 5.32 Å². The minimum absolute atomic E-state index is 0.00231. The van der Waals surface area contributed by atoms with Crippen molar-refractivity contribution in [3.05, 3.63) is 45.2 Å². The van der Waals surface area contributed by atoms with Gasteiger partial charge in [0.1, 0.15) is 5.82 Å². The second-order valence-electron chi connectivity index (χ2n) is 4.33. The van der Waals surface area contributed by atoms with Crippen molar-refractivity contribution in [2.75, 3.05) is 5.32 Å². The Balaban J connectivity index is 2.20. The second kappa shape index (κ2) is 5.05. The molecule has 0 spiro atoms. The third-order valence-corrected chi connectivity index (χ3v) is 2.91. The number of nitro groups is 1. The Hall–Kier alpha value is -2.44. The molecule has 0 bridgehead atoms. The summed E-state index contributed by atoms with van der Waals surface area (Å²) in [4.78, 5) is 22.0. The fourth-order valence-electron chi connectivity index (χ4n) is 1.78. The first kappa shape index (κ1) is 13.0. The largest absolute Gasteiger partial charge is 0.357 e. The van der Waals surface area contributed by atoms with Gasteiger partial charge in [-0.05, 0) is 26.8 Å². The number of aromatic nitrogens is 3. The van der Waals surface area contributed by atoms with E-state index >= 15 is 0 Å². The Labute approximate surface area is 110 Å². The summed E-state index contributed by atoms with van der Waals surface area (Å²) < 4.78 is 0. The number of rotatable bonds is 4. The molecule has 100 valence electrons. The van der Waals surface area contributed by atoms with Crippen molar-refractivity contribution in [1.82, 2.24) is 15.0 Å². The molecular weight excluding hydrogens is 246 g/mol. The number of nitrogens with one attached hydrogen (secondary N) is 2. The second-order valence-corrected chi connectivity index (χ2v) is 4.33. The zero-order valence-corrected chi connectivity index (χ0v) is 11.0. The Morgan fingerprint density at radius 3 is 2.74 bits per heavy atom. The number of hydrogen-bond acceptors (Lipinski definition) is 5. The first-order chi connectivity index (χ1) is 8.99. The molecule has 0 saturated heterocycles. The molecule has 0 radical (unpaired) electrons. The standard InChI is InChI=1S/C12H15N5O2/c1-7-4-5-13-12(11(7)17(18)19)14-6-10-15-8(2)9(3)16-10/h4-5H,6H2,1-3H3,(H,13,14)(H,15,16). The summed E-state index contributed by atoms with van der Waals surface area (Å²) in [5.74, 6) is 0.990. The topological polar surface area (TPSA) is 96.7 Å². The molecule has 0 atom stereocenters. The van der Waals surface area contributed by atoms with E-state index in [0.29, 0.717) is 12.1 Å². The van der Waals surface area contributed by atoms with Gasteiger partial charge in [-0.1, -0.05) is 0 Å². The van der Waals surface area contributed by atoms with E-state index < -0.39 is 4.92 Å². The van der Waals surface area contributed by atoms with E-state index in [4.69, 9.17) is 0 Å². The molecule has 2 N–H and O–H groups in total. The predicted octanol–water partition coefficient (Wildman–Crippen LogP) is 2.25. The number of pyridine rings is 1. The normalized spacial score (nSPS) is 10.5. The maximum Gasteiger partial charge on any atom is 0.314 e. The van der Waals surface area contributed by atoms with E-state index in [2.05, 4.69) is 20.3 Å². The summed E-state index contributed by atoms with van der Waals surface area (Å²) in [5.41, 5.74) is 2.49. The van der Waals surface area contributed by atoms with E-state index in [9.17, 15) is 10.1 Å². The van der Waals surface area contributed by atoms with Crippen LogP contribution in [0.3, 0.4) is 0 Å². The molecule has 7 heteroatoms. The lowest BCUT2D eigenvalue weighted by atomic mass is 10.2. The van der Waals surface area contributed by atoms with Crippen LogP contribution in [0.25, 0.3) is 0 Å². The van der Waals surface area contributed by atoms with Gasteiger partial charge in [0, 0.05) is 17.5 Å². The van der Waals surface area contributed by atoms with Crippen molar-refractivity contribution in [3.63, 3.8) is 0 Å². The lowest BCUT2D eigenvalue weighted by molar-refractivity contribution is -0.384. The van der Waals surface area contributed by atoms with Gasteiger partial charge >= 0.3 is 5.69 Å². The zero-order chi connectivity index (χ0) is 14.0. The quantitative estimate of drug-likeness (QED) is 0.650. The number of nitrogens with zero attached hydrogens (tertiary/aromatic N) is 3. The number of H-pyrrole nitrogens is 1. The molecule has 0 fully saturated rings. The summed E-state index contributed by atoms with van der Waals surface area (Å²) in [6.07, 6.45) is 1.54. The fraction of sp³-hybridized carbons (Fsp3) is 0.333. The highest BCUT2D eigenvalue weighted by Gasteiger charge is 2.18. The molecule has 2 rings (SSSR count). The summed E-state index contributed by atoms with van der Waals surface area (Å²) >= 11 is 0. The Kier molecular flexibility index (Phi) is 3.46. The number of imidazole rings is 1. The molecule has 0 aliphatic carbocycles. The van der Waals surface area contributed by atoms with Gasteiger partial charge in [0.25, 0.3) is 0 Å². The monoisotopic (exact) mass is 261 g/mol. The first-order valence-corrected chi connectivity index (χ1v) is 5.85. The van der Waals surface area contributed by atoms with Crippen molar-refractivity contribution in [2.24, 2.45) is 0 Å². The van der Waals surface area contributed by atoms with Crippen LogP contribution in [0.2, 0.25) is 0 Å². The molecule has 0 aliphatic heterocycles. The van der Waals surface area contributed by atoms with Crippen LogP contribution in [0, 0.1) is 30.9 Å². The van der Waals surface area contributed by atoms with Crippen molar-refractivity contribution in [1.29, 1.82) is 0 Å². The fourth-order valence-corrected chi connectivity index (χ4v) is 1.78. The number of aromatic amines is 1. The van der Waals surface area contributed by atoms with Crippen LogP contribution in [0.1, 0.15) is 22.8 Å². The Morgan fingerprint density at radius 2 is 2.16 bits per heavy atom. The van der Waals surface area contributed by atoms with Gasteiger partial charge in [-0.2, -0.15) is 0 Å². The summed E-state index contributed by atoms with van der Waals surface area (Å²) in [7, 11) is 0. The van der Waals surface area contributed by atoms with Crippen LogP contribution >= 0.6 is 0 Å². The molecule has 0 saturated carbocycles. The Morgan fingerprint density at radius 1 is 1.42 bits per heavy atom. The number of anilines is 1. The summed E-state index contributed by atoms with van der Waals surface area (Å²) in [6.45, 7) is 5.89. The smallest absolute Gasteiger partial charge is 0.314 e. The van der Waals surface area contributed by atoms with Crippen molar-refractivity contribution >= 4 is 11.5 Å². The van der Waals surface area contributed by atoms with Crippen LogP contribution in [-0.2, 0) is 6.54 Å². The van der Waals surface area contributed by atoms with E-state index in [1.807, 2.05) is 13.8 Å². The predicted molar refractivity (Wildman–Crippen MR) is 71.0 cm³/mol. The molecule has 0 aromatic carbocycles. The van der Waals surface area contributed by atoms with Gasteiger partial charge in [-0.25, -0.2) is 9.97 Å². The van der Waals surface area contributed by atoms with Gasteiger partial charge in [0.15, 0.2) is 0 Å². The zero-order valence-electron chi connectivity index (χ0n) is 11.0. The molecule has 19 heavy (non-hydrogen) atoms. The van der Waals surface area contributed by atoms with E-state index in [-0.39, 0.29) is 11.5 Å². The van der Waals surface area contributed by atoms with Crippen LogP contribution in [0.5, 0.6) is 0 Å². The SMILES string of the molecule is Cc1ccnc(NCc2nc(C)c(C)[nH]2)c1[N+](=O)[O-]. The van der Waals surface area contributed by atoms with E-state index in [0.717, 1.165) is 17.2 Å². The first-order valence-electron chi connectivity index (χ1n) is 5.85. The van der Waals surface area contributed by atoms with E-state index in [1.54, 1.807) is 19.2 Å². The van der Waals surface area contributed by atoms with Gasteiger partial charge in [0.2, 0.25) is 5.82 Å².